The van der Waals surface area contributed by atoms with E-state index in [9.17, 15) is 9.18 Å². The third-order valence-electron chi connectivity index (χ3n) is 4.02. The fraction of sp³-hybridized carbons (Fsp3) is 0.412. The number of halogens is 1. The molecule has 0 N–H and O–H groups in total. The van der Waals surface area contributed by atoms with Gasteiger partial charge in [0.05, 0.1) is 5.69 Å². The fourth-order valence-corrected chi connectivity index (χ4v) is 2.70. The van der Waals surface area contributed by atoms with Crippen molar-refractivity contribution in [2.75, 3.05) is 39.9 Å². The van der Waals surface area contributed by atoms with E-state index in [4.69, 9.17) is 9.15 Å². The van der Waals surface area contributed by atoms with Crippen molar-refractivity contribution < 1.29 is 18.3 Å². The minimum absolute atomic E-state index is 0.0252. The van der Waals surface area contributed by atoms with Crippen LogP contribution in [0.4, 0.5) is 4.39 Å². The van der Waals surface area contributed by atoms with Crippen LogP contribution in [0.3, 0.4) is 0 Å². The number of rotatable bonds is 5. The van der Waals surface area contributed by atoms with E-state index in [0.717, 1.165) is 24.3 Å². The van der Waals surface area contributed by atoms with Crippen molar-refractivity contribution in [3.8, 4) is 11.5 Å². The maximum absolute atomic E-state index is 13.0. The average Bonchev–Trinajstić information content (AvgIpc) is 3.05. The first kappa shape index (κ1) is 16.6. The fourth-order valence-electron chi connectivity index (χ4n) is 2.70. The Morgan fingerprint density at radius 1 is 1.25 bits per heavy atom. The Bertz CT molecular complexity index is 679. The zero-order valence-corrected chi connectivity index (χ0v) is 13.6. The number of hydrogen-bond acceptors (Lipinski definition) is 5. The van der Waals surface area contributed by atoms with Crippen molar-refractivity contribution in [2.24, 2.45) is 0 Å². The van der Waals surface area contributed by atoms with E-state index in [1.165, 1.54) is 19.2 Å². The van der Waals surface area contributed by atoms with Crippen molar-refractivity contribution in [3.05, 3.63) is 42.0 Å². The molecule has 2 heterocycles. The first-order chi connectivity index (χ1) is 11.7. The molecular formula is C17H20FN3O3. The van der Waals surface area contributed by atoms with E-state index in [-0.39, 0.29) is 18.3 Å². The molecule has 7 heteroatoms. The van der Waals surface area contributed by atoms with E-state index in [1.54, 1.807) is 18.4 Å². The molecule has 0 unspecified atom stereocenters. The van der Waals surface area contributed by atoms with Gasteiger partial charge < -0.3 is 14.1 Å². The van der Waals surface area contributed by atoms with Gasteiger partial charge in [0.2, 0.25) is 11.8 Å². The van der Waals surface area contributed by atoms with Crippen LogP contribution in [0.5, 0.6) is 0 Å². The minimum atomic E-state index is -0.286. The number of aromatic nitrogens is 1. The monoisotopic (exact) mass is 333 g/mol. The lowest BCUT2D eigenvalue weighted by atomic mass is 10.2. The van der Waals surface area contributed by atoms with Crippen LogP contribution in [0.1, 0.15) is 5.69 Å². The molecule has 1 aromatic carbocycles. The molecule has 3 rings (SSSR count). The normalized spacial score (nSPS) is 15.7. The van der Waals surface area contributed by atoms with Gasteiger partial charge in [0, 0.05) is 45.4 Å². The lowest BCUT2D eigenvalue weighted by Crippen LogP contribution is -2.49. The molecule has 24 heavy (non-hydrogen) atoms. The Labute approximate surface area is 139 Å². The predicted octanol–water partition coefficient (Wildman–Crippen LogP) is 1.77. The number of amides is 1. The number of hydrogen-bond donors (Lipinski definition) is 0. The van der Waals surface area contributed by atoms with Crippen molar-refractivity contribution in [1.29, 1.82) is 0 Å². The topological polar surface area (TPSA) is 58.8 Å². The third-order valence-corrected chi connectivity index (χ3v) is 4.02. The van der Waals surface area contributed by atoms with E-state index in [0.29, 0.717) is 25.5 Å². The largest absolute Gasteiger partial charge is 0.444 e. The second kappa shape index (κ2) is 7.55. The van der Waals surface area contributed by atoms with E-state index < -0.39 is 0 Å². The van der Waals surface area contributed by atoms with Crippen LogP contribution in [0.25, 0.3) is 11.5 Å². The van der Waals surface area contributed by atoms with E-state index in [2.05, 4.69) is 9.88 Å². The molecule has 2 aromatic rings. The van der Waals surface area contributed by atoms with Gasteiger partial charge in [-0.1, -0.05) is 0 Å². The lowest BCUT2D eigenvalue weighted by molar-refractivity contribution is -0.136. The summed E-state index contributed by atoms with van der Waals surface area (Å²) in [5.74, 6) is 0.225. The summed E-state index contributed by atoms with van der Waals surface area (Å²) >= 11 is 0. The van der Waals surface area contributed by atoms with Gasteiger partial charge in [-0.25, -0.2) is 9.37 Å². The Morgan fingerprint density at radius 2 is 1.96 bits per heavy atom. The van der Waals surface area contributed by atoms with Crippen LogP contribution in [-0.2, 0) is 16.1 Å². The second-order valence-corrected chi connectivity index (χ2v) is 5.74. The van der Waals surface area contributed by atoms with E-state index in [1.807, 2.05) is 4.90 Å². The van der Waals surface area contributed by atoms with Crippen LogP contribution < -0.4 is 0 Å². The van der Waals surface area contributed by atoms with Gasteiger partial charge in [-0.15, -0.1) is 0 Å². The summed E-state index contributed by atoms with van der Waals surface area (Å²) in [5, 5.41) is 0. The van der Waals surface area contributed by atoms with Crippen LogP contribution in [0, 0.1) is 5.82 Å². The standard InChI is InChI=1S/C17H20FN3O3/c1-23-12-16(22)21-8-6-20(7-9-21)10-15-11-24-17(19-15)13-2-4-14(18)5-3-13/h2-5,11H,6-10,12H2,1H3. The van der Waals surface area contributed by atoms with Crippen LogP contribution in [0.2, 0.25) is 0 Å². The number of ether oxygens (including phenoxy) is 1. The molecule has 0 aliphatic carbocycles. The van der Waals surface area contributed by atoms with Crippen molar-refractivity contribution in [2.45, 2.75) is 6.54 Å². The zero-order chi connectivity index (χ0) is 16.9. The van der Waals surface area contributed by atoms with Crippen molar-refractivity contribution in [1.82, 2.24) is 14.8 Å². The molecule has 6 nitrogen and oxygen atoms in total. The molecule has 1 aliphatic rings. The smallest absolute Gasteiger partial charge is 0.248 e. The maximum Gasteiger partial charge on any atom is 0.248 e. The molecule has 0 bridgehead atoms. The Kier molecular flexibility index (Phi) is 5.22. The Hall–Kier alpha value is -2.25. The van der Waals surface area contributed by atoms with Gasteiger partial charge in [0.25, 0.3) is 0 Å². The number of carbonyl (C=O) groups excluding carboxylic acids is 1. The van der Waals surface area contributed by atoms with Crippen LogP contribution in [0.15, 0.2) is 34.9 Å². The molecule has 1 aromatic heterocycles. The first-order valence-corrected chi connectivity index (χ1v) is 7.85. The number of carbonyl (C=O) groups is 1. The highest BCUT2D eigenvalue weighted by Crippen LogP contribution is 2.20. The average molecular weight is 333 g/mol. The summed E-state index contributed by atoms with van der Waals surface area (Å²) < 4.78 is 23.3. The maximum atomic E-state index is 13.0. The molecule has 128 valence electrons. The van der Waals surface area contributed by atoms with Gasteiger partial charge in [-0.3, -0.25) is 9.69 Å². The number of piperazine rings is 1. The molecule has 0 radical (unpaired) electrons. The van der Waals surface area contributed by atoms with Gasteiger partial charge >= 0.3 is 0 Å². The summed E-state index contributed by atoms with van der Waals surface area (Å²) in [5.41, 5.74) is 1.57. The van der Waals surface area contributed by atoms with E-state index >= 15 is 0 Å². The van der Waals surface area contributed by atoms with Crippen LogP contribution in [-0.4, -0.2) is 60.6 Å². The summed E-state index contributed by atoms with van der Waals surface area (Å²) in [6, 6.07) is 6.06. The zero-order valence-electron chi connectivity index (χ0n) is 13.6. The minimum Gasteiger partial charge on any atom is -0.444 e. The highest BCUT2D eigenvalue weighted by Gasteiger charge is 2.21. The Morgan fingerprint density at radius 3 is 2.62 bits per heavy atom. The molecule has 1 amide bonds. The molecular weight excluding hydrogens is 313 g/mol. The summed E-state index contributed by atoms with van der Waals surface area (Å²) in [6.45, 7) is 3.74. The van der Waals surface area contributed by atoms with Gasteiger partial charge in [-0.2, -0.15) is 0 Å². The molecule has 0 spiro atoms. The van der Waals surface area contributed by atoms with Gasteiger partial charge in [-0.05, 0) is 24.3 Å². The van der Waals surface area contributed by atoms with Gasteiger partial charge in [0.1, 0.15) is 18.7 Å². The number of oxazole rings is 1. The number of methoxy groups -OCH3 is 1. The summed E-state index contributed by atoms with van der Waals surface area (Å²) in [7, 11) is 1.53. The summed E-state index contributed by atoms with van der Waals surface area (Å²) in [4.78, 5) is 20.3. The quantitative estimate of drug-likeness (QED) is 0.835. The van der Waals surface area contributed by atoms with Gasteiger partial charge in [0.15, 0.2) is 0 Å². The molecule has 0 saturated carbocycles. The number of benzene rings is 1. The van der Waals surface area contributed by atoms with Crippen molar-refractivity contribution >= 4 is 5.91 Å². The second-order valence-electron chi connectivity index (χ2n) is 5.74. The lowest BCUT2D eigenvalue weighted by Gasteiger charge is -2.34. The molecule has 1 aliphatic heterocycles. The SMILES string of the molecule is COCC(=O)N1CCN(Cc2coc(-c3ccc(F)cc3)n2)CC1. The molecule has 0 atom stereocenters. The number of nitrogens with zero attached hydrogens (tertiary/aromatic N) is 3. The van der Waals surface area contributed by atoms with Crippen molar-refractivity contribution in [3.63, 3.8) is 0 Å². The third kappa shape index (κ3) is 3.98. The van der Waals surface area contributed by atoms with Crippen LogP contribution >= 0.6 is 0 Å². The molecule has 1 fully saturated rings. The highest BCUT2D eigenvalue weighted by atomic mass is 19.1. The molecule has 1 saturated heterocycles. The highest BCUT2D eigenvalue weighted by molar-refractivity contribution is 5.77. The first-order valence-electron chi connectivity index (χ1n) is 7.85. The summed E-state index contributed by atoms with van der Waals surface area (Å²) in [6.07, 6.45) is 1.63. The predicted molar refractivity (Wildman–Crippen MR) is 85.6 cm³/mol. The Balaban J connectivity index is 1.54.